The van der Waals surface area contributed by atoms with Gasteiger partial charge in [-0.25, -0.2) is 0 Å². The van der Waals surface area contributed by atoms with Crippen molar-refractivity contribution in [3.05, 3.63) is 0 Å². The van der Waals surface area contributed by atoms with E-state index >= 15 is 0 Å². The fourth-order valence-electron chi connectivity index (χ4n) is 4.14. The van der Waals surface area contributed by atoms with Gasteiger partial charge in [-0.05, 0) is 47.0 Å². The molecule has 0 aromatic carbocycles. The molecule has 2 heterocycles. The quantitative estimate of drug-likeness (QED) is 0.284. The highest BCUT2D eigenvalue weighted by Gasteiger charge is 2.46. The molecule has 0 spiro atoms. The molecule has 2 rings (SSSR count). The highest BCUT2D eigenvalue weighted by molar-refractivity contribution is 6.35. The van der Waals surface area contributed by atoms with Crippen LogP contribution in [-0.4, -0.2) is 85.7 Å². The fourth-order valence-corrected chi connectivity index (χ4v) is 4.14. The van der Waals surface area contributed by atoms with Gasteiger partial charge in [0.1, 0.15) is 12.1 Å². The highest BCUT2D eigenvalue weighted by Crippen LogP contribution is 2.27. The third-order valence-corrected chi connectivity index (χ3v) is 6.02. The van der Waals surface area contributed by atoms with Crippen LogP contribution in [0.1, 0.15) is 47.0 Å². The Labute approximate surface area is 212 Å². The second kappa shape index (κ2) is 12.8. The first-order chi connectivity index (χ1) is 17.1. The Morgan fingerprint density at radius 3 is 2.22 bits per heavy atom. The van der Waals surface area contributed by atoms with Crippen molar-refractivity contribution < 1.29 is 46.6 Å². The number of nitrogens with one attached hydrogen (secondary N) is 4. The summed E-state index contributed by atoms with van der Waals surface area (Å²) in [6.45, 7) is 6.72. The average Bonchev–Trinajstić information content (AvgIpc) is 3.23. The van der Waals surface area contributed by atoms with Gasteiger partial charge in [0.2, 0.25) is 5.91 Å². The van der Waals surface area contributed by atoms with Crippen LogP contribution in [-0.2, 0) is 33.4 Å². The molecule has 2 saturated heterocycles. The second-order valence-corrected chi connectivity index (χ2v) is 10.2. The lowest BCUT2D eigenvalue weighted by Crippen LogP contribution is -2.57. The molecule has 4 N–H and O–H groups in total. The molecule has 210 valence electrons. The van der Waals surface area contributed by atoms with E-state index in [1.165, 1.54) is 6.92 Å². The summed E-state index contributed by atoms with van der Waals surface area (Å²) in [5.41, 5.74) is -0.714. The molecule has 0 bridgehead atoms. The number of Topliss-reactive ketones (excluding diaryl/α,β-unsaturated/α-hetero) is 2. The van der Waals surface area contributed by atoms with Crippen molar-refractivity contribution in [1.29, 1.82) is 0 Å². The van der Waals surface area contributed by atoms with Crippen LogP contribution in [0.2, 0.25) is 0 Å². The van der Waals surface area contributed by atoms with Crippen LogP contribution in [0.5, 0.6) is 0 Å². The van der Waals surface area contributed by atoms with Gasteiger partial charge in [0.25, 0.3) is 0 Å². The number of carbonyl (C=O) groups excluding carboxylic acids is 5. The fraction of sp³-hybridized carbons (Fsp3) is 0.783. The van der Waals surface area contributed by atoms with Gasteiger partial charge in [-0.2, -0.15) is 0 Å². The first-order valence-corrected chi connectivity index (χ1v) is 12.1. The lowest BCUT2D eigenvalue weighted by molar-refractivity contribution is -0.341. The van der Waals surface area contributed by atoms with Crippen LogP contribution in [0.4, 0.5) is 13.2 Å². The molecule has 0 radical (unpaired) electrons. The van der Waals surface area contributed by atoms with Gasteiger partial charge in [0.15, 0.2) is 11.6 Å². The normalized spacial score (nSPS) is 21.5. The minimum Gasteiger partial charge on any atom is -0.381 e. The van der Waals surface area contributed by atoms with Crippen LogP contribution in [0, 0.1) is 11.8 Å². The number of hydrogen-bond donors (Lipinski definition) is 4. The molecule has 0 aromatic heterocycles. The minimum atomic E-state index is -5.15. The van der Waals surface area contributed by atoms with Crippen LogP contribution < -0.4 is 21.3 Å². The van der Waals surface area contributed by atoms with Crippen molar-refractivity contribution in [1.82, 2.24) is 21.3 Å². The largest absolute Gasteiger partial charge is 0.523 e. The maximum absolute atomic E-state index is 13.1. The second-order valence-electron chi connectivity index (χ2n) is 10.2. The van der Waals surface area contributed by atoms with Crippen LogP contribution in [0.15, 0.2) is 0 Å². The average molecular weight is 537 g/mol. The van der Waals surface area contributed by atoms with E-state index in [2.05, 4.69) is 26.0 Å². The molecule has 2 aliphatic heterocycles. The molecule has 0 saturated carbocycles. The summed E-state index contributed by atoms with van der Waals surface area (Å²) in [7, 11) is 0. The summed E-state index contributed by atoms with van der Waals surface area (Å²) in [5, 5.41) is 9.90. The zero-order valence-corrected chi connectivity index (χ0v) is 21.3. The molecular formula is C23H35F3N4O7. The topological polar surface area (TPSA) is 152 Å². The van der Waals surface area contributed by atoms with Gasteiger partial charge >= 0.3 is 18.2 Å². The van der Waals surface area contributed by atoms with Gasteiger partial charge < -0.3 is 26.0 Å². The van der Waals surface area contributed by atoms with Crippen molar-refractivity contribution in [2.24, 2.45) is 11.8 Å². The number of rotatable bonds is 10. The summed E-state index contributed by atoms with van der Waals surface area (Å²) in [5.74, 6) is -5.98. The van der Waals surface area contributed by atoms with E-state index in [1.807, 2.05) is 0 Å². The molecule has 2 fully saturated rings. The Morgan fingerprint density at radius 2 is 1.70 bits per heavy atom. The Balaban J connectivity index is 2.14. The summed E-state index contributed by atoms with van der Waals surface area (Å²) < 4.78 is 48.3. The summed E-state index contributed by atoms with van der Waals surface area (Å²) in [4.78, 5) is 62.8. The first-order valence-electron chi connectivity index (χ1n) is 12.1. The van der Waals surface area contributed by atoms with Crippen molar-refractivity contribution in [3.63, 3.8) is 0 Å². The Bertz CT molecular complexity index is 869. The summed E-state index contributed by atoms with van der Waals surface area (Å²) >= 11 is 0. The van der Waals surface area contributed by atoms with E-state index in [0.717, 1.165) is 0 Å². The number of ether oxygens (including phenoxy) is 2. The smallest absolute Gasteiger partial charge is 0.381 e. The van der Waals surface area contributed by atoms with E-state index in [9.17, 15) is 37.1 Å². The van der Waals surface area contributed by atoms with Gasteiger partial charge in [0, 0.05) is 37.8 Å². The zero-order valence-electron chi connectivity index (χ0n) is 21.3. The monoisotopic (exact) mass is 536 g/mol. The van der Waals surface area contributed by atoms with E-state index in [0.29, 0.717) is 26.1 Å². The maximum Gasteiger partial charge on any atom is 0.523 e. The lowest BCUT2D eigenvalue weighted by Gasteiger charge is -2.29. The number of amides is 3. The summed E-state index contributed by atoms with van der Waals surface area (Å²) in [6.07, 6.45) is -6.46. The number of ketones is 2. The molecule has 0 aromatic rings. The Kier molecular flexibility index (Phi) is 10.6. The van der Waals surface area contributed by atoms with Crippen LogP contribution >= 0.6 is 0 Å². The molecule has 2 unspecified atom stereocenters. The molecule has 0 aliphatic carbocycles. The first kappa shape index (κ1) is 30.6. The van der Waals surface area contributed by atoms with Crippen molar-refractivity contribution in [2.45, 2.75) is 77.0 Å². The van der Waals surface area contributed by atoms with Gasteiger partial charge in [-0.1, -0.05) is 0 Å². The van der Waals surface area contributed by atoms with Crippen molar-refractivity contribution >= 4 is 29.3 Å². The SMILES string of the molecule is CC(NCC(NC(=O)C(=O)NC(C)(C)C)C(=O)C1CCOCC1)C(=O)[C@@H](OC(F)(F)F)[C@@H]1CCNC1=O. The minimum absolute atomic E-state index is 0.0121. The number of halogens is 3. The molecule has 4 atom stereocenters. The van der Waals surface area contributed by atoms with Crippen molar-refractivity contribution in [2.75, 3.05) is 26.3 Å². The van der Waals surface area contributed by atoms with E-state index in [-0.39, 0.29) is 19.5 Å². The molecule has 2 aliphatic rings. The number of hydrogen-bond acceptors (Lipinski definition) is 8. The van der Waals surface area contributed by atoms with Crippen LogP contribution in [0.3, 0.4) is 0 Å². The van der Waals surface area contributed by atoms with Crippen molar-refractivity contribution in [3.8, 4) is 0 Å². The van der Waals surface area contributed by atoms with E-state index < -0.39 is 71.2 Å². The predicted octanol–water partition coefficient (Wildman–Crippen LogP) is -0.0301. The Hall–Kier alpha value is -2.58. The van der Waals surface area contributed by atoms with Crippen LogP contribution in [0.25, 0.3) is 0 Å². The van der Waals surface area contributed by atoms with Gasteiger partial charge in [0.05, 0.1) is 12.0 Å². The number of carbonyl (C=O) groups is 5. The molecule has 37 heavy (non-hydrogen) atoms. The molecule has 3 amide bonds. The molecular weight excluding hydrogens is 501 g/mol. The third-order valence-electron chi connectivity index (χ3n) is 6.02. The lowest BCUT2D eigenvalue weighted by atomic mass is 9.90. The van der Waals surface area contributed by atoms with E-state index in [1.54, 1.807) is 20.8 Å². The number of alkyl halides is 3. The molecule has 11 nitrogen and oxygen atoms in total. The van der Waals surface area contributed by atoms with E-state index in [4.69, 9.17) is 4.74 Å². The standard InChI is InChI=1S/C23H35F3N4O7/c1-12(16(31)18(37-23(24,25)26)14-5-8-27-19(14)33)28-11-15(17(32)13-6-9-36-10-7-13)29-20(34)21(35)30-22(2,3)4/h12-15,18,28H,5-11H2,1-4H3,(H,27,33)(H,29,34)(H,30,35)/t12?,14-,15?,18-/m0/s1. The highest BCUT2D eigenvalue weighted by atomic mass is 19.4. The van der Waals surface area contributed by atoms with Gasteiger partial charge in [-0.15, -0.1) is 13.2 Å². The molecule has 14 heteroatoms. The zero-order chi connectivity index (χ0) is 28.0. The van der Waals surface area contributed by atoms with Gasteiger partial charge in [-0.3, -0.25) is 28.7 Å². The summed E-state index contributed by atoms with van der Waals surface area (Å²) in [6, 6.07) is -2.51. The predicted molar refractivity (Wildman–Crippen MR) is 123 cm³/mol. The maximum atomic E-state index is 13.1. The third kappa shape index (κ3) is 9.67. The Morgan fingerprint density at radius 1 is 1.08 bits per heavy atom.